The zero-order valence-corrected chi connectivity index (χ0v) is 26.2. The van der Waals surface area contributed by atoms with Gasteiger partial charge < -0.3 is 9.47 Å². The highest BCUT2D eigenvalue weighted by atomic mass is 31.2. The Bertz CT molecular complexity index is 990. The number of unbranched alkanes of at least 4 members (excludes halogenated alkanes) is 7. The second kappa shape index (κ2) is 15.3. The quantitative estimate of drug-likeness (QED) is 0.129. The molecule has 40 heavy (non-hydrogen) atoms. The van der Waals surface area contributed by atoms with E-state index in [-0.39, 0.29) is 11.2 Å². The lowest BCUT2D eigenvalue weighted by molar-refractivity contribution is -0.305. The maximum absolute atomic E-state index is 6.46. The van der Waals surface area contributed by atoms with Gasteiger partial charge in [0.1, 0.15) is 23.2 Å². The van der Waals surface area contributed by atoms with E-state index in [1.54, 1.807) is 0 Å². The highest BCUT2D eigenvalue weighted by molar-refractivity contribution is 7.95. The van der Waals surface area contributed by atoms with Crippen molar-refractivity contribution in [1.29, 1.82) is 0 Å². The van der Waals surface area contributed by atoms with Crippen molar-refractivity contribution in [1.82, 2.24) is 0 Å². The topological polar surface area (TPSA) is 18.5 Å². The van der Waals surface area contributed by atoms with Crippen molar-refractivity contribution in [2.75, 3.05) is 19.4 Å². The van der Waals surface area contributed by atoms with Crippen LogP contribution in [0.2, 0.25) is 0 Å². The summed E-state index contributed by atoms with van der Waals surface area (Å²) >= 11 is 0. The molecule has 216 valence electrons. The van der Waals surface area contributed by atoms with Gasteiger partial charge >= 0.3 is 0 Å². The first-order valence-corrected chi connectivity index (χ1v) is 17.8. The first-order valence-electron chi connectivity index (χ1n) is 15.8. The van der Waals surface area contributed by atoms with E-state index in [0.29, 0.717) is 0 Å². The van der Waals surface area contributed by atoms with Crippen LogP contribution in [0, 0.1) is 5.41 Å². The standard InChI is InChI=1S/C37H52O2P/c1-4-5-6-19-28-37(38-31-36(2,3)32-39-37)29-20-8-7-9-21-30-40(33-22-13-10-14-23-33,34-24-15-11-16-25-34)35-26-17-12-18-27-35/h10-18,22-27H,4-9,19-21,28-32H2,1-3H3/q+1. The van der Waals surface area contributed by atoms with Crippen LogP contribution in [0.3, 0.4) is 0 Å². The van der Waals surface area contributed by atoms with Crippen LogP contribution in [0.5, 0.6) is 0 Å². The SMILES string of the molecule is CCCCCCC1(CCCCCCC[P+](c2ccccc2)(c2ccccc2)c2ccccc2)OCC(C)(C)CO1. The molecule has 0 N–H and O–H groups in total. The predicted octanol–water partition coefficient (Wildman–Crippen LogP) is 9.06. The molecule has 3 heteroatoms. The maximum atomic E-state index is 6.46. The first-order chi connectivity index (χ1) is 19.5. The van der Waals surface area contributed by atoms with Crippen molar-refractivity contribution in [2.45, 2.75) is 97.2 Å². The minimum atomic E-state index is -1.71. The van der Waals surface area contributed by atoms with Gasteiger partial charge in [0.15, 0.2) is 5.79 Å². The number of rotatable bonds is 16. The molecule has 1 fully saturated rings. The van der Waals surface area contributed by atoms with E-state index < -0.39 is 7.26 Å². The van der Waals surface area contributed by atoms with Gasteiger partial charge in [0, 0.05) is 18.3 Å². The highest BCUT2D eigenvalue weighted by Gasteiger charge is 2.44. The average Bonchev–Trinajstić information content (AvgIpc) is 3.00. The van der Waals surface area contributed by atoms with E-state index in [1.807, 2.05) is 0 Å². The molecule has 2 nitrogen and oxygen atoms in total. The van der Waals surface area contributed by atoms with Crippen molar-refractivity contribution in [3.05, 3.63) is 91.0 Å². The molecule has 0 unspecified atom stereocenters. The Labute approximate surface area is 245 Å². The molecule has 0 amide bonds. The summed E-state index contributed by atoms with van der Waals surface area (Å²) in [5, 5.41) is 4.48. The number of hydrogen-bond acceptors (Lipinski definition) is 2. The van der Waals surface area contributed by atoms with E-state index in [1.165, 1.54) is 79.9 Å². The monoisotopic (exact) mass is 559 g/mol. The molecule has 1 saturated heterocycles. The largest absolute Gasteiger partial charge is 0.349 e. The predicted molar refractivity (Wildman–Crippen MR) is 175 cm³/mol. The van der Waals surface area contributed by atoms with Crippen LogP contribution in [0.25, 0.3) is 0 Å². The lowest BCUT2D eigenvalue weighted by Gasteiger charge is -2.44. The fourth-order valence-electron chi connectivity index (χ4n) is 6.13. The molecule has 0 bridgehead atoms. The minimum absolute atomic E-state index is 0.124. The highest BCUT2D eigenvalue weighted by Crippen LogP contribution is 2.56. The molecule has 4 rings (SSSR count). The number of benzene rings is 3. The summed E-state index contributed by atoms with van der Waals surface area (Å²) < 4.78 is 12.9. The van der Waals surface area contributed by atoms with Crippen LogP contribution in [0.15, 0.2) is 91.0 Å². The van der Waals surface area contributed by atoms with Crippen molar-refractivity contribution in [2.24, 2.45) is 5.41 Å². The van der Waals surface area contributed by atoms with Gasteiger partial charge in [0.2, 0.25) is 0 Å². The van der Waals surface area contributed by atoms with Gasteiger partial charge in [0.05, 0.1) is 19.4 Å². The van der Waals surface area contributed by atoms with E-state index in [4.69, 9.17) is 9.47 Å². The molecule has 0 atom stereocenters. The van der Waals surface area contributed by atoms with Gasteiger partial charge in [-0.25, -0.2) is 0 Å². The fraction of sp³-hybridized carbons (Fsp3) is 0.514. The summed E-state index contributed by atoms with van der Waals surface area (Å²) in [7, 11) is -1.71. The third-order valence-corrected chi connectivity index (χ3v) is 13.0. The molecule has 0 aliphatic carbocycles. The van der Waals surface area contributed by atoms with Gasteiger partial charge in [-0.3, -0.25) is 0 Å². The molecular formula is C37H52O2P+. The Morgan fingerprint density at radius 1 is 0.550 bits per heavy atom. The summed E-state index contributed by atoms with van der Waals surface area (Å²) in [5.74, 6) is -0.349. The minimum Gasteiger partial charge on any atom is -0.349 e. The van der Waals surface area contributed by atoms with Crippen LogP contribution in [-0.4, -0.2) is 25.2 Å². The zero-order valence-electron chi connectivity index (χ0n) is 25.3. The zero-order chi connectivity index (χ0) is 28.2. The summed E-state index contributed by atoms with van der Waals surface area (Å²) in [5.41, 5.74) is 0.124. The summed E-state index contributed by atoms with van der Waals surface area (Å²) in [6.45, 7) is 8.39. The van der Waals surface area contributed by atoms with E-state index in [0.717, 1.165) is 26.1 Å². The maximum Gasteiger partial charge on any atom is 0.168 e. The summed E-state index contributed by atoms with van der Waals surface area (Å²) in [6, 6.07) is 33.9. The third-order valence-electron chi connectivity index (χ3n) is 8.51. The number of hydrogen-bond donors (Lipinski definition) is 0. The van der Waals surface area contributed by atoms with Gasteiger partial charge in [0.25, 0.3) is 0 Å². The van der Waals surface area contributed by atoms with Crippen LogP contribution in [0.4, 0.5) is 0 Å². The Kier molecular flexibility index (Phi) is 11.8. The van der Waals surface area contributed by atoms with Crippen molar-refractivity contribution >= 4 is 23.2 Å². The van der Waals surface area contributed by atoms with E-state index >= 15 is 0 Å². The molecular weight excluding hydrogens is 507 g/mol. The van der Waals surface area contributed by atoms with E-state index in [9.17, 15) is 0 Å². The molecule has 0 saturated carbocycles. The Balaban J connectivity index is 1.36. The lowest BCUT2D eigenvalue weighted by Crippen LogP contribution is -2.47. The molecule has 0 aromatic heterocycles. The Morgan fingerprint density at radius 3 is 1.40 bits per heavy atom. The molecule has 1 aliphatic rings. The van der Waals surface area contributed by atoms with Crippen LogP contribution in [-0.2, 0) is 9.47 Å². The smallest absolute Gasteiger partial charge is 0.168 e. The molecule has 1 heterocycles. The molecule has 0 radical (unpaired) electrons. The fourth-order valence-corrected chi connectivity index (χ4v) is 10.5. The molecule has 3 aromatic rings. The van der Waals surface area contributed by atoms with Gasteiger partial charge in [-0.1, -0.05) is 107 Å². The van der Waals surface area contributed by atoms with Crippen LogP contribution < -0.4 is 15.9 Å². The molecule has 3 aromatic carbocycles. The van der Waals surface area contributed by atoms with Gasteiger partial charge in [-0.15, -0.1) is 0 Å². The Hall–Kier alpha value is -1.99. The first kappa shape index (κ1) is 31.0. The lowest BCUT2D eigenvalue weighted by atomic mass is 9.92. The van der Waals surface area contributed by atoms with E-state index in [2.05, 4.69) is 112 Å². The summed E-state index contributed by atoms with van der Waals surface area (Å²) in [6.07, 6.45) is 14.6. The van der Waals surface area contributed by atoms with Crippen LogP contribution in [0.1, 0.15) is 91.4 Å². The Morgan fingerprint density at radius 2 is 0.950 bits per heavy atom. The molecule has 1 aliphatic heterocycles. The molecule has 0 spiro atoms. The van der Waals surface area contributed by atoms with Crippen molar-refractivity contribution < 1.29 is 9.47 Å². The number of ether oxygens (including phenoxy) is 2. The van der Waals surface area contributed by atoms with Crippen molar-refractivity contribution in [3.8, 4) is 0 Å². The van der Waals surface area contributed by atoms with Crippen LogP contribution >= 0.6 is 7.26 Å². The van der Waals surface area contributed by atoms with Gasteiger partial charge in [-0.05, 0) is 62.1 Å². The second-order valence-corrected chi connectivity index (χ2v) is 16.1. The second-order valence-electron chi connectivity index (χ2n) is 12.5. The average molecular weight is 560 g/mol. The van der Waals surface area contributed by atoms with Gasteiger partial charge in [-0.2, -0.15) is 0 Å². The third kappa shape index (κ3) is 8.28. The van der Waals surface area contributed by atoms with Crippen molar-refractivity contribution in [3.63, 3.8) is 0 Å². The normalized spacial score (nSPS) is 16.6. The summed E-state index contributed by atoms with van der Waals surface area (Å²) in [4.78, 5) is 0.